The van der Waals surface area contributed by atoms with Crippen molar-refractivity contribution in [3.05, 3.63) is 84.6 Å². The normalized spacial score (nSPS) is 13.7. The molecule has 5 rings (SSSR count). The Morgan fingerprint density at radius 2 is 1.58 bits per heavy atom. The lowest BCUT2D eigenvalue weighted by atomic mass is 10.1. The van der Waals surface area contributed by atoms with Crippen molar-refractivity contribution >= 4 is 17.4 Å². The van der Waals surface area contributed by atoms with Gasteiger partial charge >= 0.3 is 6.03 Å². The van der Waals surface area contributed by atoms with E-state index in [4.69, 9.17) is 9.47 Å². The molecule has 196 valence electrons. The Bertz CT molecular complexity index is 1310. The summed E-state index contributed by atoms with van der Waals surface area (Å²) in [7, 11) is 0. The van der Waals surface area contributed by atoms with Gasteiger partial charge in [0.1, 0.15) is 18.1 Å². The number of urea groups is 1. The van der Waals surface area contributed by atoms with E-state index in [9.17, 15) is 4.79 Å². The highest BCUT2D eigenvalue weighted by atomic mass is 16.5. The summed E-state index contributed by atoms with van der Waals surface area (Å²) in [5.41, 5.74) is 5.20. The smallest absolute Gasteiger partial charge is 0.323 e. The maximum Gasteiger partial charge on any atom is 0.323 e. The van der Waals surface area contributed by atoms with Crippen LogP contribution < -0.4 is 15.4 Å². The van der Waals surface area contributed by atoms with Crippen molar-refractivity contribution in [2.45, 2.75) is 13.3 Å². The van der Waals surface area contributed by atoms with Crippen LogP contribution in [0.15, 0.2) is 79.0 Å². The first-order valence-corrected chi connectivity index (χ1v) is 12.9. The number of rotatable bonds is 9. The number of amides is 2. The van der Waals surface area contributed by atoms with E-state index in [-0.39, 0.29) is 6.03 Å². The van der Waals surface area contributed by atoms with E-state index < -0.39 is 0 Å². The van der Waals surface area contributed by atoms with Gasteiger partial charge in [-0.1, -0.05) is 36.4 Å². The Morgan fingerprint density at radius 1 is 0.921 bits per heavy atom. The lowest BCUT2D eigenvalue weighted by molar-refractivity contribution is 0.0322. The van der Waals surface area contributed by atoms with Gasteiger partial charge in [-0.15, -0.1) is 5.10 Å². The fourth-order valence-corrected chi connectivity index (χ4v) is 4.18. The van der Waals surface area contributed by atoms with Gasteiger partial charge in [0.25, 0.3) is 0 Å². The number of carbonyl (C=O) groups excluding carboxylic acids is 1. The third-order valence-electron chi connectivity index (χ3n) is 6.43. The average molecular weight is 513 g/mol. The molecule has 2 N–H and O–H groups in total. The molecule has 1 fully saturated rings. The molecule has 1 aliphatic rings. The molecule has 0 saturated carbocycles. The van der Waals surface area contributed by atoms with Crippen LogP contribution in [-0.4, -0.2) is 65.4 Å². The molecule has 2 heterocycles. The van der Waals surface area contributed by atoms with Crippen LogP contribution in [0.1, 0.15) is 12.5 Å². The first kappa shape index (κ1) is 25.4. The summed E-state index contributed by atoms with van der Waals surface area (Å²) >= 11 is 0. The number of anilines is 2. The Kier molecular flexibility index (Phi) is 8.27. The maximum absolute atomic E-state index is 12.3. The summed E-state index contributed by atoms with van der Waals surface area (Å²) in [4.78, 5) is 14.7. The molecule has 0 aliphatic carbocycles. The Labute approximate surface area is 222 Å². The van der Waals surface area contributed by atoms with Crippen molar-refractivity contribution in [1.82, 2.24) is 19.9 Å². The zero-order chi connectivity index (χ0) is 26.2. The molecule has 0 bridgehead atoms. The van der Waals surface area contributed by atoms with E-state index in [0.29, 0.717) is 12.3 Å². The van der Waals surface area contributed by atoms with E-state index in [1.807, 2.05) is 79.0 Å². The highest BCUT2D eigenvalue weighted by molar-refractivity contribution is 5.99. The largest absolute Gasteiger partial charge is 0.492 e. The number of benzene rings is 3. The van der Waals surface area contributed by atoms with E-state index in [2.05, 4.69) is 32.8 Å². The summed E-state index contributed by atoms with van der Waals surface area (Å²) < 4.78 is 13.0. The van der Waals surface area contributed by atoms with Gasteiger partial charge < -0.3 is 20.1 Å². The number of hydrogen-bond acceptors (Lipinski definition) is 6. The molecule has 2 amide bonds. The second-order valence-corrected chi connectivity index (χ2v) is 9.05. The molecule has 3 aromatic carbocycles. The zero-order valence-corrected chi connectivity index (χ0v) is 21.5. The van der Waals surface area contributed by atoms with Crippen LogP contribution >= 0.6 is 0 Å². The van der Waals surface area contributed by atoms with Crippen molar-refractivity contribution < 1.29 is 14.3 Å². The van der Waals surface area contributed by atoms with E-state index in [0.717, 1.165) is 67.7 Å². The van der Waals surface area contributed by atoms with Gasteiger partial charge in [0.2, 0.25) is 0 Å². The van der Waals surface area contributed by atoms with Gasteiger partial charge in [0, 0.05) is 36.6 Å². The number of ether oxygens (including phenoxy) is 2. The number of carbonyl (C=O) groups is 1. The van der Waals surface area contributed by atoms with E-state index in [1.165, 1.54) is 5.56 Å². The van der Waals surface area contributed by atoms with Gasteiger partial charge in [-0.2, -0.15) is 0 Å². The minimum Gasteiger partial charge on any atom is -0.492 e. The second kappa shape index (κ2) is 12.4. The molecular formula is C29H32N6O3. The third kappa shape index (κ3) is 6.76. The van der Waals surface area contributed by atoms with Gasteiger partial charge in [0.15, 0.2) is 0 Å². The molecule has 0 unspecified atom stereocenters. The molecule has 1 saturated heterocycles. The second-order valence-electron chi connectivity index (χ2n) is 9.05. The predicted octanol–water partition coefficient (Wildman–Crippen LogP) is 4.85. The number of aromatic nitrogens is 3. The fourth-order valence-electron chi connectivity index (χ4n) is 4.18. The molecule has 1 aliphatic heterocycles. The Hall–Kier alpha value is -4.21. The van der Waals surface area contributed by atoms with E-state index >= 15 is 0 Å². The molecular weight excluding hydrogens is 480 g/mol. The van der Waals surface area contributed by atoms with Crippen LogP contribution in [0.5, 0.6) is 5.75 Å². The van der Waals surface area contributed by atoms with Gasteiger partial charge in [-0.3, -0.25) is 4.90 Å². The third-order valence-corrected chi connectivity index (χ3v) is 6.43. The molecule has 9 nitrogen and oxygen atoms in total. The Morgan fingerprint density at radius 3 is 2.24 bits per heavy atom. The van der Waals surface area contributed by atoms with Crippen molar-refractivity contribution in [1.29, 1.82) is 0 Å². The maximum atomic E-state index is 12.3. The average Bonchev–Trinajstić information content (AvgIpc) is 3.45. The number of morpholine rings is 1. The molecule has 4 aromatic rings. The standard InChI is InChI=1S/C29H32N6O3/c1-2-22-3-7-24(8-4-22)30-29(36)31-25-9-5-23(6-10-25)28-21-35(33-32-28)26-11-13-27(14-12-26)38-20-17-34-15-18-37-19-16-34/h3-14,21H,2,15-20H2,1H3,(H2,30,31,36). The number of nitrogens with one attached hydrogen (secondary N) is 2. The number of aryl methyl sites for hydroxylation is 1. The summed E-state index contributed by atoms with van der Waals surface area (Å²) in [6.07, 6.45) is 2.84. The lowest BCUT2D eigenvalue weighted by Crippen LogP contribution is -2.38. The Balaban J connectivity index is 1.13. The lowest BCUT2D eigenvalue weighted by Gasteiger charge is -2.26. The molecule has 0 radical (unpaired) electrons. The van der Waals surface area contributed by atoms with Crippen LogP contribution in [0.3, 0.4) is 0 Å². The van der Waals surface area contributed by atoms with Gasteiger partial charge in [0.05, 0.1) is 25.1 Å². The molecule has 9 heteroatoms. The van der Waals surface area contributed by atoms with Crippen molar-refractivity contribution in [2.24, 2.45) is 0 Å². The van der Waals surface area contributed by atoms with Crippen LogP contribution in [0.25, 0.3) is 16.9 Å². The minimum absolute atomic E-state index is 0.290. The van der Waals surface area contributed by atoms with Crippen molar-refractivity contribution in [3.63, 3.8) is 0 Å². The quantitative estimate of drug-likeness (QED) is 0.333. The van der Waals surface area contributed by atoms with Crippen LogP contribution in [0.2, 0.25) is 0 Å². The van der Waals surface area contributed by atoms with Crippen LogP contribution in [0.4, 0.5) is 16.2 Å². The van der Waals surface area contributed by atoms with Gasteiger partial charge in [-0.05, 0) is 60.5 Å². The molecule has 38 heavy (non-hydrogen) atoms. The number of nitrogens with zero attached hydrogens (tertiary/aromatic N) is 4. The van der Waals surface area contributed by atoms with Crippen LogP contribution in [-0.2, 0) is 11.2 Å². The molecule has 0 atom stereocenters. The van der Waals surface area contributed by atoms with E-state index in [1.54, 1.807) is 4.68 Å². The van der Waals surface area contributed by atoms with Crippen molar-refractivity contribution in [2.75, 3.05) is 50.1 Å². The SMILES string of the molecule is CCc1ccc(NC(=O)Nc2ccc(-c3cn(-c4ccc(OCCN5CCOCC5)cc4)nn3)cc2)cc1. The zero-order valence-electron chi connectivity index (χ0n) is 21.5. The summed E-state index contributed by atoms with van der Waals surface area (Å²) in [5.74, 6) is 0.826. The first-order valence-electron chi connectivity index (χ1n) is 12.9. The summed E-state index contributed by atoms with van der Waals surface area (Å²) in [6.45, 7) is 7.14. The first-order chi connectivity index (χ1) is 18.7. The highest BCUT2D eigenvalue weighted by Gasteiger charge is 2.10. The summed E-state index contributed by atoms with van der Waals surface area (Å²) in [6, 6.07) is 22.8. The molecule has 1 aromatic heterocycles. The summed E-state index contributed by atoms with van der Waals surface area (Å²) in [5, 5.41) is 14.3. The van der Waals surface area contributed by atoms with Gasteiger partial charge in [-0.25, -0.2) is 9.48 Å². The van der Waals surface area contributed by atoms with Crippen LogP contribution in [0, 0.1) is 0 Å². The minimum atomic E-state index is -0.290. The highest BCUT2D eigenvalue weighted by Crippen LogP contribution is 2.22. The topological polar surface area (TPSA) is 93.5 Å². The predicted molar refractivity (Wildman–Crippen MR) is 148 cm³/mol. The molecule has 0 spiro atoms. The monoisotopic (exact) mass is 512 g/mol. The van der Waals surface area contributed by atoms with Crippen molar-refractivity contribution in [3.8, 4) is 22.7 Å². The number of hydrogen-bond donors (Lipinski definition) is 2. The fraction of sp³-hybridized carbons (Fsp3) is 0.276.